The van der Waals surface area contributed by atoms with Crippen LogP contribution < -0.4 is 10.5 Å². The Kier molecular flexibility index (Phi) is 3.16. The first-order valence-electron chi connectivity index (χ1n) is 6.41. The van der Waals surface area contributed by atoms with E-state index in [4.69, 9.17) is 0 Å². The Morgan fingerprint density at radius 1 is 0.947 bits per heavy atom. The van der Waals surface area contributed by atoms with Gasteiger partial charge in [0.1, 0.15) is 0 Å². The topological polar surface area (TPSA) is 30.9 Å². The van der Waals surface area contributed by atoms with Gasteiger partial charge in [0.15, 0.2) is 5.84 Å². The third-order valence-electron chi connectivity index (χ3n) is 3.05. The molecular weight excluding hydrogens is 236 g/mol. The zero-order chi connectivity index (χ0) is 13.1. The Labute approximate surface area is 112 Å². The summed E-state index contributed by atoms with van der Waals surface area (Å²) in [6.07, 6.45) is 0. The van der Waals surface area contributed by atoms with Crippen LogP contribution in [0.5, 0.6) is 0 Å². The monoisotopic (exact) mass is 252 g/mol. The highest BCUT2D eigenvalue weighted by molar-refractivity contribution is 6.09. The third-order valence-corrected chi connectivity index (χ3v) is 3.05. The van der Waals surface area contributed by atoms with E-state index in [0.717, 1.165) is 23.6 Å². The van der Waals surface area contributed by atoms with Crippen LogP contribution in [0.3, 0.4) is 0 Å². The normalized spacial score (nSPS) is 15.2. The van der Waals surface area contributed by atoms with Crippen molar-refractivity contribution in [2.24, 2.45) is 5.10 Å². The molecule has 0 fully saturated rings. The van der Waals surface area contributed by atoms with Crippen molar-refractivity contribution in [2.75, 3.05) is 11.6 Å². The summed E-state index contributed by atoms with van der Waals surface area (Å²) in [7, 11) is 0. The number of rotatable bonds is 3. The summed E-state index contributed by atoms with van der Waals surface area (Å²) in [5, 5.41) is 8.51. The fraction of sp³-hybridized carbons (Fsp3) is 0.133. The van der Waals surface area contributed by atoms with Crippen LogP contribution >= 0.6 is 0 Å². The van der Waals surface area contributed by atoms with E-state index >= 15 is 0 Å². The molecule has 4 nitrogen and oxygen atoms in total. The summed E-state index contributed by atoms with van der Waals surface area (Å²) in [4.78, 5) is 0. The molecule has 1 N–H and O–H groups in total. The molecule has 3 rings (SSSR count). The summed E-state index contributed by atoms with van der Waals surface area (Å²) in [6.45, 7) is 2.92. The van der Waals surface area contributed by atoms with E-state index in [2.05, 4.69) is 46.8 Å². The van der Waals surface area contributed by atoms with Gasteiger partial charge in [-0.05, 0) is 19.1 Å². The number of benzene rings is 2. The first-order chi connectivity index (χ1) is 9.40. The second-order valence-corrected chi connectivity index (χ2v) is 4.26. The van der Waals surface area contributed by atoms with Gasteiger partial charge in [0.25, 0.3) is 0 Å². The highest BCUT2D eigenvalue weighted by Crippen LogP contribution is 2.21. The molecule has 19 heavy (non-hydrogen) atoms. The molecule has 0 amide bonds. The van der Waals surface area contributed by atoms with Gasteiger partial charge in [-0.2, -0.15) is 0 Å². The number of nitrogens with zero attached hydrogens (tertiary/aromatic N) is 3. The van der Waals surface area contributed by atoms with Gasteiger partial charge < -0.3 is 0 Å². The fourth-order valence-corrected chi connectivity index (χ4v) is 2.13. The van der Waals surface area contributed by atoms with E-state index in [1.165, 1.54) is 0 Å². The van der Waals surface area contributed by atoms with E-state index in [1.807, 2.05) is 41.5 Å². The molecular formula is C15H16N4. The summed E-state index contributed by atoms with van der Waals surface area (Å²) < 4.78 is 0. The molecule has 0 saturated carbocycles. The minimum absolute atomic E-state index is 0.828. The van der Waals surface area contributed by atoms with Crippen LogP contribution in [-0.2, 0) is 0 Å². The summed E-state index contributed by atoms with van der Waals surface area (Å²) in [5.74, 6) is 0.911. The SMILES string of the molecule is CCN1NN=C(c2ccccc2)N1c1ccccc1. The van der Waals surface area contributed by atoms with E-state index in [9.17, 15) is 0 Å². The lowest BCUT2D eigenvalue weighted by atomic mass is 10.2. The largest absolute Gasteiger partial charge is 0.236 e. The van der Waals surface area contributed by atoms with Crippen molar-refractivity contribution in [3.63, 3.8) is 0 Å². The van der Waals surface area contributed by atoms with Crippen molar-refractivity contribution in [3.05, 3.63) is 66.2 Å². The maximum atomic E-state index is 4.43. The summed E-state index contributed by atoms with van der Waals surface area (Å²) >= 11 is 0. The molecule has 0 aromatic heterocycles. The lowest BCUT2D eigenvalue weighted by Gasteiger charge is -2.28. The second-order valence-electron chi connectivity index (χ2n) is 4.26. The highest BCUT2D eigenvalue weighted by Gasteiger charge is 2.26. The van der Waals surface area contributed by atoms with Crippen molar-refractivity contribution in [3.8, 4) is 0 Å². The average Bonchev–Trinajstić information content (AvgIpc) is 2.93. The Bertz CT molecular complexity index is 565. The summed E-state index contributed by atoms with van der Waals surface area (Å²) in [6, 6.07) is 20.4. The van der Waals surface area contributed by atoms with Crippen LogP contribution in [0.15, 0.2) is 65.8 Å². The predicted molar refractivity (Wildman–Crippen MR) is 77.4 cm³/mol. The zero-order valence-electron chi connectivity index (χ0n) is 10.8. The number of nitrogens with one attached hydrogen (secondary N) is 1. The maximum absolute atomic E-state index is 4.43. The zero-order valence-corrected chi connectivity index (χ0v) is 10.8. The molecule has 0 atom stereocenters. The third kappa shape index (κ3) is 2.18. The van der Waals surface area contributed by atoms with Crippen molar-refractivity contribution >= 4 is 11.5 Å². The minimum Gasteiger partial charge on any atom is -0.236 e. The molecule has 0 spiro atoms. The van der Waals surface area contributed by atoms with E-state index in [0.29, 0.717) is 0 Å². The number of para-hydroxylation sites is 1. The molecule has 1 heterocycles. The maximum Gasteiger partial charge on any atom is 0.177 e. The Morgan fingerprint density at radius 3 is 2.21 bits per heavy atom. The van der Waals surface area contributed by atoms with Crippen LogP contribution in [0.25, 0.3) is 0 Å². The van der Waals surface area contributed by atoms with Gasteiger partial charge in [-0.3, -0.25) is 0 Å². The molecule has 4 heteroatoms. The predicted octanol–water partition coefficient (Wildman–Crippen LogP) is 2.61. The van der Waals surface area contributed by atoms with Gasteiger partial charge in [0.05, 0.1) is 5.69 Å². The van der Waals surface area contributed by atoms with E-state index in [-0.39, 0.29) is 0 Å². The number of hydrazine groups is 2. The van der Waals surface area contributed by atoms with Gasteiger partial charge in [-0.15, -0.1) is 10.2 Å². The first-order valence-corrected chi connectivity index (χ1v) is 6.41. The average molecular weight is 252 g/mol. The molecule has 96 valence electrons. The van der Waals surface area contributed by atoms with Crippen molar-refractivity contribution in [1.82, 2.24) is 10.7 Å². The number of hydrazone groups is 1. The number of hydrogen-bond acceptors (Lipinski definition) is 4. The molecule has 0 unspecified atom stereocenters. The first kappa shape index (κ1) is 11.7. The number of hydrogen-bond donors (Lipinski definition) is 1. The van der Waals surface area contributed by atoms with Gasteiger partial charge in [-0.1, -0.05) is 48.5 Å². The summed E-state index contributed by atoms with van der Waals surface area (Å²) in [5.41, 5.74) is 5.24. The van der Waals surface area contributed by atoms with Gasteiger partial charge in [0.2, 0.25) is 0 Å². The number of amidine groups is 1. The van der Waals surface area contributed by atoms with Crippen molar-refractivity contribution in [1.29, 1.82) is 0 Å². The van der Waals surface area contributed by atoms with Gasteiger partial charge in [0, 0.05) is 12.1 Å². The van der Waals surface area contributed by atoms with Crippen molar-refractivity contribution in [2.45, 2.75) is 6.92 Å². The second kappa shape index (κ2) is 5.12. The van der Waals surface area contributed by atoms with Gasteiger partial charge in [-0.25, -0.2) is 10.5 Å². The van der Waals surface area contributed by atoms with E-state index in [1.54, 1.807) is 0 Å². The smallest absolute Gasteiger partial charge is 0.177 e. The molecule has 0 aliphatic carbocycles. The Balaban J connectivity index is 2.00. The molecule has 0 saturated heterocycles. The lowest BCUT2D eigenvalue weighted by Crippen LogP contribution is -2.45. The quantitative estimate of drug-likeness (QED) is 0.911. The van der Waals surface area contributed by atoms with Gasteiger partial charge >= 0.3 is 0 Å². The highest BCUT2D eigenvalue weighted by atomic mass is 15.9. The van der Waals surface area contributed by atoms with E-state index < -0.39 is 0 Å². The lowest BCUT2D eigenvalue weighted by molar-refractivity contribution is 0.235. The molecule has 2 aromatic carbocycles. The molecule has 1 aliphatic rings. The van der Waals surface area contributed by atoms with Crippen molar-refractivity contribution < 1.29 is 0 Å². The minimum atomic E-state index is 0.828. The van der Waals surface area contributed by atoms with Crippen LogP contribution in [0.2, 0.25) is 0 Å². The molecule has 0 bridgehead atoms. The Morgan fingerprint density at radius 2 is 1.58 bits per heavy atom. The number of anilines is 1. The molecule has 0 radical (unpaired) electrons. The van der Waals surface area contributed by atoms with Crippen LogP contribution in [-0.4, -0.2) is 17.5 Å². The fourth-order valence-electron chi connectivity index (χ4n) is 2.13. The molecule has 2 aromatic rings. The molecule has 1 aliphatic heterocycles. The standard InChI is InChI=1S/C15H16N4/c1-2-18-17-16-15(13-9-5-3-6-10-13)19(18)14-11-7-4-8-12-14/h3-12,17H,2H2,1H3. The van der Waals surface area contributed by atoms with Crippen LogP contribution in [0.4, 0.5) is 5.69 Å². The van der Waals surface area contributed by atoms with Crippen LogP contribution in [0, 0.1) is 0 Å². The Hall–Kier alpha value is -2.33. The van der Waals surface area contributed by atoms with Crippen LogP contribution in [0.1, 0.15) is 12.5 Å².